The highest BCUT2D eigenvalue weighted by Crippen LogP contribution is 2.30. The topological polar surface area (TPSA) is 52.6 Å². The van der Waals surface area contributed by atoms with E-state index < -0.39 is 5.60 Å². The summed E-state index contributed by atoms with van der Waals surface area (Å²) in [5.41, 5.74) is -0.640. The standard InChI is InChI=1S/C14H26N2O2/c1-16(11-14(18)9-5-6-10-14)13(17)15-12-7-3-2-4-8-12/h12,18H,2-11H2,1H3,(H,15,17). The van der Waals surface area contributed by atoms with Crippen LogP contribution in [0.2, 0.25) is 0 Å². The summed E-state index contributed by atoms with van der Waals surface area (Å²) < 4.78 is 0. The second-order valence-corrected chi connectivity index (χ2v) is 6.07. The third-order valence-electron chi connectivity index (χ3n) is 4.35. The van der Waals surface area contributed by atoms with Crippen LogP contribution in [0.4, 0.5) is 4.79 Å². The molecule has 18 heavy (non-hydrogen) atoms. The molecule has 0 aromatic rings. The summed E-state index contributed by atoms with van der Waals surface area (Å²) in [5, 5.41) is 13.4. The Morgan fingerprint density at radius 1 is 1.22 bits per heavy atom. The summed E-state index contributed by atoms with van der Waals surface area (Å²) in [6, 6.07) is 0.314. The molecule has 104 valence electrons. The van der Waals surface area contributed by atoms with E-state index in [4.69, 9.17) is 0 Å². The Balaban J connectivity index is 1.77. The van der Waals surface area contributed by atoms with Crippen LogP contribution in [0.1, 0.15) is 57.8 Å². The van der Waals surface area contributed by atoms with Crippen LogP contribution in [0.5, 0.6) is 0 Å². The number of nitrogens with zero attached hydrogens (tertiary/aromatic N) is 1. The van der Waals surface area contributed by atoms with E-state index >= 15 is 0 Å². The van der Waals surface area contributed by atoms with Gasteiger partial charge in [-0.15, -0.1) is 0 Å². The monoisotopic (exact) mass is 254 g/mol. The Morgan fingerprint density at radius 3 is 2.44 bits per heavy atom. The number of hydrogen-bond donors (Lipinski definition) is 2. The molecule has 0 aliphatic heterocycles. The molecule has 0 saturated heterocycles. The first-order valence-corrected chi connectivity index (χ1v) is 7.33. The molecule has 2 rings (SSSR count). The van der Waals surface area contributed by atoms with Gasteiger partial charge in [-0.25, -0.2) is 4.79 Å². The molecule has 2 aliphatic carbocycles. The number of nitrogens with one attached hydrogen (secondary N) is 1. The maximum Gasteiger partial charge on any atom is 0.317 e. The maximum atomic E-state index is 12.0. The first-order chi connectivity index (χ1) is 8.59. The third kappa shape index (κ3) is 3.61. The van der Waals surface area contributed by atoms with Crippen molar-refractivity contribution in [2.24, 2.45) is 0 Å². The lowest BCUT2D eigenvalue weighted by molar-refractivity contribution is 0.0243. The van der Waals surface area contributed by atoms with Crippen LogP contribution in [0.25, 0.3) is 0 Å². The first kappa shape index (κ1) is 13.7. The molecule has 0 radical (unpaired) electrons. The Labute approximate surface area is 110 Å². The van der Waals surface area contributed by atoms with E-state index in [1.807, 2.05) is 0 Å². The predicted octanol–water partition coefficient (Wildman–Crippen LogP) is 2.27. The molecule has 0 heterocycles. The number of likely N-dealkylation sites (N-methyl/N-ethyl adjacent to an activating group) is 1. The van der Waals surface area contributed by atoms with Crippen molar-refractivity contribution in [3.05, 3.63) is 0 Å². The molecule has 2 saturated carbocycles. The van der Waals surface area contributed by atoms with Crippen LogP contribution in [-0.2, 0) is 0 Å². The van der Waals surface area contributed by atoms with E-state index in [-0.39, 0.29) is 6.03 Å². The third-order valence-corrected chi connectivity index (χ3v) is 4.35. The van der Waals surface area contributed by atoms with Gasteiger partial charge in [0.15, 0.2) is 0 Å². The minimum atomic E-state index is -0.640. The van der Waals surface area contributed by atoms with Crippen LogP contribution < -0.4 is 5.32 Å². The van der Waals surface area contributed by atoms with Crippen molar-refractivity contribution >= 4 is 6.03 Å². The highest BCUT2D eigenvalue weighted by Gasteiger charge is 2.33. The van der Waals surface area contributed by atoms with E-state index in [1.54, 1.807) is 11.9 Å². The van der Waals surface area contributed by atoms with Crippen molar-refractivity contribution in [1.29, 1.82) is 0 Å². The Morgan fingerprint density at radius 2 is 1.83 bits per heavy atom. The van der Waals surface area contributed by atoms with Crippen LogP contribution in [0.3, 0.4) is 0 Å². The van der Waals surface area contributed by atoms with E-state index in [2.05, 4.69) is 5.32 Å². The minimum Gasteiger partial charge on any atom is -0.388 e. The average Bonchev–Trinajstić information content (AvgIpc) is 2.77. The molecule has 2 amide bonds. The minimum absolute atomic E-state index is 0.0257. The van der Waals surface area contributed by atoms with Gasteiger partial charge in [0, 0.05) is 13.1 Å². The summed E-state index contributed by atoms with van der Waals surface area (Å²) in [6.45, 7) is 0.464. The normalized spacial score (nSPS) is 23.9. The number of rotatable bonds is 3. The summed E-state index contributed by atoms with van der Waals surface area (Å²) in [5.74, 6) is 0. The van der Waals surface area contributed by atoms with E-state index in [0.29, 0.717) is 12.6 Å². The van der Waals surface area contributed by atoms with Crippen molar-refractivity contribution in [1.82, 2.24) is 10.2 Å². The lowest BCUT2D eigenvalue weighted by atomic mass is 9.96. The summed E-state index contributed by atoms with van der Waals surface area (Å²) >= 11 is 0. The van der Waals surface area contributed by atoms with Gasteiger partial charge in [0.2, 0.25) is 0 Å². The van der Waals surface area contributed by atoms with Gasteiger partial charge in [0.25, 0.3) is 0 Å². The molecule has 4 nitrogen and oxygen atoms in total. The van der Waals surface area contributed by atoms with Gasteiger partial charge in [-0.2, -0.15) is 0 Å². The van der Waals surface area contributed by atoms with Gasteiger partial charge in [-0.1, -0.05) is 32.1 Å². The van der Waals surface area contributed by atoms with Crippen molar-refractivity contribution in [3.8, 4) is 0 Å². The number of aliphatic hydroxyl groups is 1. The quantitative estimate of drug-likeness (QED) is 0.811. The summed E-state index contributed by atoms with van der Waals surface area (Å²) in [6.07, 6.45) is 9.75. The number of urea groups is 1. The summed E-state index contributed by atoms with van der Waals surface area (Å²) in [4.78, 5) is 13.7. The molecule has 2 fully saturated rings. The molecule has 4 heteroatoms. The molecule has 0 spiro atoms. The molecular weight excluding hydrogens is 228 g/mol. The van der Waals surface area contributed by atoms with Gasteiger partial charge in [-0.3, -0.25) is 0 Å². The first-order valence-electron chi connectivity index (χ1n) is 7.33. The molecule has 0 aromatic carbocycles. The van der Waals surface area contributed by atoms with E-state index in [1.165, 1.54) is 19.3 Å². The highest BCUT2D eigenvalue weighted by atomic mass is 16.3. The molecule has 0 unspecified atom stereocenters. The van der Waals surface area contributed by atoms with Crippen LogP contribution in [0.15, 0.2) is 0 Å². The van der Waals surface area contributed by atoms with Gasteiger partial charge in [0.1, 0.15) is 0 Å². The van der Waals surface area contributed by atoms with Crippen molar-refractivity contribution < 1.29 is 9.90 Å². The molecule has 0 atom stereocenters. The van der Waals surface area contributed by atoms with Crippen molar-refractivity contribution in [2.45, 2.75) is 69.4 Å². The Hall–Kier alpha value is -0.770. The zero-order valence-electron chi connectivity index (χ0n) is 11.5. The lowest BCUT2D eigenvalue weighted by Crippen LogP contribution is -2.49. The van der Waals surface area contributed by atoms with E-state index in [9.17, 15) is 9.90 Å². The fraction of sp³-hybridized carbons (Fsp3) is 0.929. The number of amides is 2. The SMILES string of the molecule is CN(CC1(O)CCCC1)C(=O)NC1CCCCC1. The van der Waals surface area contributed by atoms with Crippen LogP contribution in [0, 0.1) is 0 Å². The van der Waals surface area contributed by atoms with Gasteiger partial charge >= 0.3 is 6.03 Å². The van der Waals surface area contributed by atoms with Crippen LogP contribution >= 0.6 is 0 Å². The summed E-state index contributed by atoms with van der Waals surface area (Å²) in [7, 11) is 1.79. The van der Waals surface area contributed by atoms with Gasteiger partial charge in [0.05, 0.1) is 12.1 Å². The fourth-order valence-electron chi connectivity index (χ4n) is 3.24. The molecule has 0 bridgehead atoms. The Bertz CT molecular complexity index is 282. The molecule has 2 N–H and O–H groups in total. The molecule has 2 aliphatic rings. The zero-order chi connectivity index (χ0) is 13.0. The molecular formula is C14H26N2O2. The largest absolute Gasteiger partial charge is 0.388 e. The molecule has 0 aromatic heterocycles. The lowest BCUT2D eigenvalue weighted by Gasteiger charge is -2.31. The van der Waals surface area contributed by atoms with Crippen molar-refractivity contribution in [2.75, 3.05) is 13.6 Å². The number of hydrogen-bond acceptors (Lipinski definition) is 2. The van der Waals surface area contributed by atoms with E-state index in [0.717, 1.165) is 38.5 Å². The average molecular weight is 254 g/mol. The van der Waals surface area contributed by atoms with Crippen LogP contribution in [-0.4, -0.2) is 41.3 Å². The smallest absolute Gasteiger partial charge is 0.317 e. The van der Waals surface area contributed by atoms with Crippen molar-refractivity contribution in [3.63, 3.8) is 0 Å². The second kappa shape index (κ2) is 5.91. The van der Waals surface area contributed by atoms with Gasteiger partial charge < -0.3 is 15.3 Å². The fourth-order valence-corrected chi connectivity index (χ4v) is 3.24. The predicted molar refractivity (Wildman–Crippen MR) is 71.5 cm³/mol. The highest BCUT2D eigenvalue weighted by molar-refractivity contribution is 5.74. The Kier molecular flexibility index (Phi) is 4.49. The number of carbonyl (C=O) groups is 1. The zero-order valence-corrected chi connectivity index (χ0v) is 11.5. The van der Waals surface area contributed by atoms with Gasteiger partial charge in [-0.05, 0) is 25.7 Å². The number of carbonyl (C=O) groups excluding carboxylic acids is 1. The second-order valence-electron chi connectivity index (χ2n) is 6.07. The maximum absolute atomic E-state index is 12.0.